The number of hydrogen-bond donors (Lipinski definition) is 4. The molecule has 2 aromatic heterocycles. The zero-order chi connectivity index (χ0) is 26.0. The Bertz CT molecular complexity index is 1510. The van der Waals surface area contributed by atoms with Gasteiger partial charge in [-0.15, -0.1) is 0 Å². The van der Waals surface area contributed by atoms with Crippen molar-refractivity contribution in [2.24, 2.45) is 5.73 Å². The van der Waals surface area contributed by atoms with Gasteiger partial charge in [0, 0.05) is 34.0 Å². The van der Waals surface area contributed by atoms with Gasteiger partial charge >= 0.3 is 0 Å². The fourth-order valence-corrected chi connectivity index (χ4v) is 4.39. The quantitative estimate of drug-likeness (QED) is 0.115. The molecule has 4 aromatic rings. The van der Waals surface area contributed by atoms with Crippen LogP contribution in [0.25, 0.3) is 22.3 Å². The topological polar surface area (TPSA) is 140 Å². The molecule has 182 valence electrons. The number of pyridine rings is 1. The van der Waals surface area contributed by atoms with E-state index in [0.29, 0.717) is 33.3 Å². The number of anilines is 2. The van der Waals surface area contributed by atoms with E-state index < -0.39 is 5.82 Å². The molecule has 0 spiro atoms. The second kappa shape index (κ2) is 9.96. The number of aryl methyl sites for hydroxylation is 2. The number of nitrogens with two attached hydrogens (primary N) is 2. The van der Waals surface area contributed by atoms with Gasteiger partial charge in [-0.1, -0.05) is 30.0 Å². The summed E-state index contributed by atoms with van der Waals surface area (Å²) >= 11 is 1.27. The molecule has 0 bridgehead atoms. The van der Waals surface area contributed by atoms with Gasteiger partial charge in [0.05, 0.1) is 5.69 Å². The van der Waals surface area contributed by atoms with Gasteiger partial charge in [-0.05, 0) is 60.9 Å². The van der Waals surface area contributed by atoms with E-state index in [4.69, 9.17) is 21.6 Å². The van der Waals surface area contributed by atoms with Gasteiger partial charge in [-0.3, -0.25) is 10.2 Å². The Hall–Kier alpha value is -4.57. The number of aromatic nitrogens is 2. The molecule has 0 fully saturated rings. The van der Waals surface area contributed by atoms with Crippen LogP contribution in [0.4, 0.5) is 15.9 Å². The van der Waals surface area contributed by atoms with Crippen molar-refractivity contribution in [2.45, 2.75) is 13.8 Å². The third-order valence-corrected chi connectivity index (χ3v) is 6.20. The van der Waals surface area contributed by atoms with Gasteiger partial charge in [-0.2, -0.15) is 0 Å². The summed E-state index contributed by atoms with van der Waals surface area (Å²) in [4.78, 5) is 20.2. The fourth-order valence-electron chi connectivity index (χ4n) is 3.73. The zero-order valence-electron chi connectivity index (χ0n) is 19.6. The molecular weight excluding hydrogens is 479 g/mol. The average Bonchev–Trinajstić information content (AvgIpc) is 3.24. The van der Waals surface area contributed by atoms with E-state index in [9.17, 15) is 4.79 Å². The van der Waals surface area contributed by atoms with E-state index in [1.807, 2.05) is 19.2 Å². The predicted octanol–water partition coefficient (Wildman–Crippen LogP) is 5.41. The fraction of sp³-hybridized carbons (Fsp3) is 0.0769. The van der Waals surface area contributed by atoms with Crippen LogP contribution in [0.3, 0.4) is 0 Å². The minimum absolute atomic E-state index is 0.0167. The van der Waals surface area contributed by atoms with Gasteiger partial charge in [0.2, 0.25) is 5.91 Å². The average molecular weight is 503 g/mol. The number of nitrogens with one attached hydrogen (secondary N) is 2. The van der Waals surface area contributed by atoms with Crippen molar-refractivity contribution in [3.63, 3.8) is 0 Å². The number of nitrogens with zero attached hydrogens (tertiary/aromatic N) is 2. The lowest BCUT2D eigenvalue weighted by atomic mass is 9.88. The Labute approximate surface area is 211 Å². The molecule has 4 rings (SSSR count). The highest BCUT2D eigenvalue weighted by atomic mass is 32.1. The van der Waals surface area contributed by atoms with Gasteiger partial charge in [0.1, 0.15) is 11.7 Å². The van der Waals surface area contributed by atoms with E-state index >= 15 is 4.39 Å². The molecule has 6 N–H and O–H groups in total. The molecule has 2 aromatic carbocycles. The lowest BCUT2D eigenvalue weighted by Crippen LogP contribution is -2.16. The molecule has 0 saturated heterocycles. The molecule has 36 heavy (non-hydrogen) atoms. The lowest BCUT2D eigenvalue weighted by molar-refractivity contribution is -0.111. The second-order valence-corrected chi connectivity index (χ2v) is 8.77. The number of carbonyl (C=O) groups excluding carboxylic acids is 1. The monoisotopic (exact) mass is 502 g/mol. The number of carbonyl (C=O) groups is 1. The Morgan fingerprint density at radius 2 is 2.00 bits per heavy atom. The standard InChI is InChI=1S/C26H23FN6O2S/c1-4-22(34)33-21-9-13(2)17(11-31-21)16-6-7-19(28)24(25(29)30)23(16)15-5-8-20(18(27)10-15)35-26-32-14(3)12-36-26/h4-12H,1,28H2,2-3H3,(H3,29,30)(H,31,33,34). The largest absolute Gasteiger partial charge is 0.428 e. The van der Waals surface area contributed by atoms with Crippen molar-refractivity contribution in [1.29, 1.82) is 5.41 Å². The van der Waals surface area contributed by atoms with Crippen molar-refractivity contribution < 1.29 is 13.9 Å². The number of benzene rings is 2. The maximum Gasteiger partial charge on any atom is 0.278 e. The normalized spacial score (nSPS) is 10.6. The number of thiazole rings is 1. The number of rotatable bonds is 7. The molecule has 10 heteroatoms. The summed E-state index contributed by atoms with van der Waals surface area (Å²) in [5.41, 5.74) is 16.5. The van der Waals surface area contributed by atoms with Crippen LogP contribution in [0.5, 0.6) is 10.9 Å². The summed E-state index contributed by atoms with van der Waals surface area (Å²) < 4.78 is 20.8. The molecule has 0 aliphatic carbocycles. The summed E-state index contributed by atoms with van der Waals surface area (Å²) in [5, 5.41) is 12.9. The van der Waals surface area contributed by atoms with Gasteiger partial charge < -0.3 is 21.5 Å². The number of amides is 1. The van der Waals surface area contributed by atoms with Crippen LogP contribution in [-0.2, 0) is 4.79 Å². The Balaban J connectivity index is 1.84. The second-order valence-electron chi connectivity index (χ2n) is 7.95. The molecule has 0 aliphatic heterocycles. The molecule has 1 amide bonds. The van der Waals surface area contributed by atoms with Gasteiger partial charge in [0.25, 0.3) is 5.19 Å². The summed E-state index contributed by atoms with van der Waals surface area (Å²) in [7, 11) is 0. The van der Waals surface area contributed by atoms with Gasteiger partial charge in [0.15, 0.2) is 11.6 Å². The van der Waals surface area contributed by atoms with Crippen molar-refractivity contribution in [3.05, 3.63) is 83.3 Å². The molecule has 0 saturated carbocycles. The predicted molar refractivity (Wildman–Crippen MR) is 141 cm³/mol. The van der Waals surface area contributed by atoms with Crippen LogP contribution in [0, 0.1) is 25.1 Å². The van der Waals surface area contributed by atoms with Crippen LogP contribution in [0.2, 0.25) is 0 Å². The number of ether oxygens (including phenoxy) is 1. The number of nitrogen functional groups attached to an aromatic ring is 2. The van der Waals surface area contributed by atoms with E-state index in [1.54, 1.807) is 30.5 Å². The molecule has 0 unspecified atom stereocenters. The number of halogens is 1. The molecule has 8 nitrogen and oxygen atoms in total. The smallest absolute Gasteiger partial charge is 0.278 e. The molecule has 2 heterocycles. The first-order valence-electron chi connectivity index (χ1n) is 10.7. The summed E-state index contributed by atoms with van der Waals surface area (Å²) in [6, 6.07) is 9.59. The van der Waals surface area contributed by atoms with Crippen LogP contribution in [0.15, 0.2) is 60.6 Å². The summed E-state index contributed by atoms with van der Waals surface area (Å²) in [6.45, 7) is 7.11. The third-order valence-electron chi connectivity index (χ3n) is 5.36. The molecule has 0 radical (unpaired) electrons. The van der Waals surface area contributed by atoms with Crippen LogP contribution < -0.4 is 21.5 Å². The maximum atomic E-state index is 15.2. The Morgan fingerprint density at radius 3 is 2.61 bits per heavy atom. The van der Waals surface area contributed by atoms with Crippen LogP contribution >= 0.6 is 11.3 Å². The Morgan fingerprint density at radius 1 is 1.22 bits per heavy atom. The highest BCUT2D eigenvalue weighted by Crippen LogP contribution is 2.40. The van der Waals surface area contributed by atoms with Crippen molar-refractivity contribution in [1.82, 2.24) is 9.97 Å². The Kier molecular flexibility index (Phi) is 6.80. The van der Waals surface area contributed by atoms with E-state index in [1.165, 1.54) is 23.5 Å². The SMILES string of the molecule is C=CC(=O)Nc1cc(C)c(-c2ccc(N)c(C(=N)N)c2-c2ccc(Oc3nc(C)cs3)c(F)c2)cn1. The highest BCUT2D eigenvalue weighted by molar-refractivity contribution is 7.11. The van der Waals surface area contributed by atoms with E-state index in [2.05, 4.69) is 21.9 Å². The lowest BCUT2D eigenvalue weighted by Gasteiger charge is -2.19. The molecule has 0 atom stereocenters. The first-order valence-corrected chi connectivity index (χ1v) is 11.6. The van der Waals surface area contributed by atoms with E-state index in [0.717, 1.165) is 17.3 Å². The van der Waals surface area contributed by atoms with E-state index in [-0.39, 0.29) is 28.7 Å². The van der Waals surface area contributed by atoms with Crippen molar-refractivity contribution >= 4 is 34.6 Å². The van der Waals surface area contributed by atoms with Gasteiger partial charge in [-0.25, -0.2) is 14.4 Å². The minimum Gasteiger partial charge on any atom is -0.428 e. The third kappa shape index (κ3) is 4.93. The molecular formula is C26H23FN6O2S. The van der Waals surface area contributed by atoms with Crippen molar-refractivity contribution in [2.75, 3.05) is 11.1 Å². The first-order chi connectivity index (χ1) is 17.2. The maximum absolute atomic E-state index is 15.2. The number of hydrogen-bond acceptors (Lipinski definition) is 7. The van der Waals surface area contributed by atoms with Crippen LogP contribution in [0.1, 0.15) is 16.8 Å². The zero-order valence-corrected chi connectivity index (χ0v) is 20.4. The molecule has 0 aliphatic rings. The summed E-state index contributed by atoms with van der Waals surface area (Å²) in [6.07, 6.45) is 2.74. The minimum atomic E-state index is -0.611. The number of amidine groups is 1. The summed E-state index contributed by atoms with van der Waals surface area (Å²) in [5.74, 6) is -0.880. The van der Waals surface area contributed by atoms with Crippen molar-refractivity contribution in [3.8, 4) is 33.2 Å². The highest BCUT2D eigenvalue weighted by Gasteiger charge is 2.21. The van der Waals surface area contributed by atoms with Crippen LogP contribution in [-0.4, -0.2) is 21.7 Å². The first kappa shape index (κ1) is 24.6.